The minimum atomic E-state index is -0.169. The highest BCUT2D eigenvalue weighted by Crippen LogP contribution is 2.40. The van der Waals surface area contributed by atoms with E-state index >= 15 is 0 Å². The fourth-order valence-corrected chi connectivity index (χ4v) is 4.93. The molecule has 0 saturated carbocycles. The molecule has 1 atom stereocenters. The molecular weight excluding hydrogens is 348 g/mol. The van der Waals surface area contributed by atoms with E-state index in [1.807, 2.05) is 24.3 Å². The molecule has 1 unspecified atom stereocenters. The van der Waals surface area contributed by atoms with Gasteiger partial charge in [-0.1, -0.05) is 48.5 Å². The zero-order valence-electron chi connectivity index (χ0n) is 16.9. The average molecular weight is 381 g/mol. The molecule has 2 aromatic carbocycles. The largest absolute Gasteiger partial charge is 0.489 e. The lowest BCUT2D eigenvalue weighted by Crippen LogP contribution is -2.52. The predicted molar refractivity (Wildman–Crippen MR) is 112 cm³/mol. The number of benzene rings is 2. The average Bonchev–Trinajstić information content (AvgIpc) is 2.69. The van der Waals surface area contributed by atoms with Crippen LogP contribution < -0.4 is 4.74 Å². The molecule has 4 nitrogen and oxygen atoms in total. The second-order valence-electron chi connectivity index (χ2n) is 8.71. The van der Waals surface area contributed by atoms with E-state index in [4.69, 9.17) is 4.74 Å². The van der Waals surface area contributed by atoms with Crippen molar-refractivity contribution in [3.63, 3.8) is 0 Å². The third-order valence-electron chi connectivity index (χ3n) is 6.32. The molecule has 0 bridgehead atoms. The van der Waals surface area contributed by atoms with Crippen molar-refractivity contribution in [3.05, 3.63) is 65.7 Å². The van der Waals surface area contributed by atoms with Gasteiger partial charge < -0.3 is 14.7 Å². The van der Waals surface area contributed by atoms with E-state index < -0.39 is 0 Å². The molecule has 28 heavy (non-hydrogen) atoms. The number of para-hydroxylation sites is 1. The fourth-order valence-electron chi connectivity index (χ4n) is 4.93. The number of likely N-dealkylation sites (tertiary alicyclic amines) is 2. The summed E-state index contributed by atoms with van der Waals surface area (Å²) in [4.78, 5) is 4.84. The molecule has 0 aliphatic carbocycles. The number of aliphatic hydroxyl groups excluding tert-OH is 1. The number of hydrogen-bond donors (Lipinski definition) is 1. The molecule has 2 aliphatic rings. The molecule has 2 fully saturated rings. The van der Waals surface area contributed by atoms with Crippen molar-refractivity contribution in [2.24, 2.45) is 5.41 Å². The van der Waals surface area contributed by atoms with Crippen molar-refractivity contribution in [1.29, 1.82) is 0 Å². The van der Waals surface area contributed by atoms with Crippen LogP contribution in [0.4, 0.5) is 0 Å². The molecular formula is C24H32N2O2. The van der Waals surface area contributed by atoms with Gasteiger partial charge in [0, 0.05) is 25.2 Å². The van der Waals surface area contributed by atoms with Crippen LogP contribution in [0.3, 0.4) is 0 Å². The van der Waals surface area contributed by atoms with Gasteiger partial charge in [-0.25, -0.2) is 0 Å². The maximum absolute atomic E-state index is 10.2. The lowest BCUT2D eigenvalue weighted by Gasteiger charge is -2.48. The number of β-amino-alcohol motifs (C(OH)–C–C–N with tert-alkyl or cyclic N) is 1. The number of piperidine rings is 2. The Bertz CT molecular complexity index is 744. The number of nitrogens with zero attached hydrogens (tertiary/aromatic N) is 2. The Kier molecular flexibility index (Phi) is 6.00. The summed E-state index contributed by atoms with van der Waals surface area (Å²) in [7, 11) is 2.14. The molecule has 150 valence electrons. The molecule has 2 saturated heterocycles. The lowest BCUT2D eigenvalue weighted by atomic mass is 9.71. The van der Waals surface area contributed by atoms with Crippen LogP contribution in [0.15, 0.2) is 54.6 Å². The first kappa shape index (κ1) is 19.4. The number of rotatable bonds is 5. The van der Waals surface area contributed by atoms with Gasteiger partial charge in [-0.05, 0) is 56.4 Å². The van der Waals surface area contributed by atoms with Crippen molar-refractivity contribution >= 4 is 0 Å². The van der Waals surface area contributed by atoms with Gasteiger partial charge >= 0.3 is 0 Å². The van der Waals surface area contributed by atoms with Crippen LogP contribution in [0, 0.1) is 5.41 Å². The minimum Gasteiger partial charge on any atom is -0.489 e. The summed E-state index contributed by atoms with van der Waals surface area (Å²) in [6.45, 7) is 5.65. The highest BCUT2D eigenvalue weighted by molar-refractivity contribution is 5.33. The Hall–Kier alpha value is -1.88. The van der Waals surface area contributed by atoms with Crippen LogP contribution in [0.1, 0.15) is 30.4 Å². The van der Waals surface area contributed by atoms with Gasteiger partial charge in [0.25, 0.3) is 0 Å². The van der Waals surface area contributed by atoms with E-state index in [0.29, 0.717) is 12.0 Å². The Balaban J connectivity index is 1.35. The third kappa shape index (κ3) is 4.75. The van der Waals surface area contributed by atoms with E-state index in [1.165, 1.54) is 24.0 Å². The van der Waals surface area contributed by atoms with E-state index in [0.717, 1.165) is 44.9 Å². The maximum Gasteiger partial charge on any atom is 0.124 e. The van der Waals surface area contributed by atoms with Crippen molar-refractivity contribution < 1.29 is 9.84 Å². The van der Waals surface area contributed by atoms with Gasteiger partial charge in [-0.2, -0.15) is 0 Å². The first-order valence-electron chi connectivity index (χ1n) is 10.5. The maximum atomic E-state index is 10.2. The molecule has 1 N–H and O–H groups in total. The second-order valence-corrected chi connectivity index (χ2v) is 8.71. The highest BCUT2D eigenvalue weighted by Gasteiger charge is 2.40. The molecule has 2 aromatic rings. The molecule has 0 aromatic heterocycles. The van der Waals surface area contributed by atoms with Crippen LogP contribution in [-0.4, -0.2) is 54.2 Å². The first-order valence-corrected chi connectivity index (χ1v) is 10.5. The number of likely N-dealkylation sites (N-methyl/N-ethyl adjacent to an activating group) is 1. The van der Waals surface area contributed by atoms with Crippen LogP contribution in [0.5, 0.6) is 5.75 Å². The van der Waals surface area contributed by atoms with Gasteiger partial charge in [-0.15, -0.1) is 0 Å². The quantitative estimate of drug-likeness (QED) is 0.861. The van der Waals surface area contributed by atoms with Crippen LogP contribution in [0.2, 0.25) is 0 Å². The smallest absolute Gasteiger partial charge is 0.124 e. The topological polar surface area (TPSA) is 35.9 Å². The van der Waals surface area contributed by atoms with E-state index in [1.54, 1.807) is 0 Å². The summed E-state index contributed by atoms with van der Waals surface area (Å²) in [5, 5.41) is 10.2. The Morgan fingerprint density at radius 3 is 2.50 bits per heavy atom. The summed E-state index contributed by atoms with van der Waals surface area (Å²) in [6.07, 6.45) is 3.13. The normalized spacial score (nSPS) is 23.0. The lowest BCUT2D eigenvalue weighted by molar-refractivity contribution is -0.0331. The third-order valence-corrected chi connectivity index (χ3v) is 6.32. The zero-order chi connectivity index (χ0) is 19.4. The Morgan fingerprint density at radius 1 is 1.04 bits per heavy atom. The monoisotopic (exact) mass is 380 g/mol. The Labute approximate surface area is 168 Å². The summed E-state index contributed by atoms with van der Waals surface area (Å²) >= 11 is 0. The summed E-state index contributed by atoms with van der Waals surface area (Å²) in [5.74, 6) is 0.986. The van der Waals surface area contributed by atoms with Gasteiger partial charge in [0.05, 0.1) is 6.10 Å². The molecule has 0 radical (unpaired) electrons. The van der Waals surface area contributed by atoms with Crippen LogP contribution >= 0.6 is 0 Å². The molecule has 1 spiro atoms. The van der Waals surface area contributed by atoms with Crippen LogP contribution in [0.25, 0.3) is 0 Å². The van der Waals surface area contributed by atoms with Gasteiger partial charge in [0.15, 0.2) is 0 Å². The van der Waals surface area contributed by atoms with Gasteiger partial charge in [0.1, 0.15) is 12.4 Å². The highest BCUT2D eigenvalue weighted by atomic mass is 16.5. The van der Waals surface area contributed by atoms with Crippen LogP contribution in [-0.2, 0) is 13.2 Å². The first-order chi connectivity index (χ1) is 13.6. The van der Waals surface area contributed by atoms with E-state index in [2.05, 4.69) is 47.2 Å². The molecule has 4 rings (SSSR count). The molecule has 4 heteroatoms. The summed E-state index contributed by atoms with van der Waals surface area (Å²) in [5.41, 5.74) is 2.75. The molecule has 0 amide bonds. The summed E-state index contributed by atoms with van der Waals surface area (Å²) in [6, 6.07) is 18.7. The van der Waals surface area contributed by atoms with Gasteiger partial charge in [0.2, 0.25) is 0 Å². The SMILES string of the molecule is CN1CC(O)CC2(CCN(Cc3ccccc3OCc3ccccc3)CC2)C1. The second kappa shape index (κ2) is 8.64. The number of hydrogen-bond acceptors (Lipinski definition) is 4. The van der Waals surface area contributed by atoms with Crippen molar-refractivity contribution in [2.75, 3.05) is 33.2 Å². The minimum absolute atomic E-state index is 0.169. The Morgan fingerprint density at radius 2 is 1.75 bits per heavy atom. The van der Waals surface area contributed by atoms with E-state index in [-0.39, 0.29) is 6.10 Å². The van der Waals surface area contributed by atoms with E-state index in [9.17, 15) is 5.11 Å². The number of ether oxygens (including phenoxy) is 1. The van der Waals surface area contributed by atoms with Crippen molar-refractivity contribution in [1.82, 2.24) is 9.80 Å². The fraction of sp³-hybridized carbons (Fsp3) is 0.500. The van der Waals surface area contributed by atoms with Crippen molar-refractivity contribution in [3.8, 4) is 5.75 Å². The molecule has 2 heterocycles. The molecule has 2 aliphatic heterocycles. The van der Waals surface area contributed by atoms with Gasteiger partial charge in [-0.3, -0.25) is 4.90 Å². The van der Waals surface area contributed by atoms with Crippen molar-refractivity contribution in [2.45, 2.75) is 38.5 Å². The summed E-state index contributed by atoms with van der Waals surface area (Å²) < 4.78 is 6.14. The zero-order valence-corrected chi connectivity index (χ0v) is 16.9. The standard InChI is InChI=1S/C24H32N2O2/c1-25-17-22(27)15-24(19-25)11-13-26(14-12-24)16-21-9-5-6-10-23(21)28-18-20-7-3-2-4-8-20/h2-10,22,27H,11-19H2,1H3. The number of aliphatic hydroxyl groups is 1. The predicted octanol–water partition coefficient (Wildman–Crippen LogP) is 3.54.